The zero-order chi connectivity index (χ0) is 30.0. The van der Waals surface area contributed by atoms with Gasteiger partial charge >= 0.3 is 0 Å². The lowest BCUT2D eigenvalue weighted by atomic mass is 9.76. The summed E-state index contributed by atoms with van der Waals surface area (Å²) < 4.78 is 8.09. The van der Waals surface area contributed by atoms with Gasteiger partial charge in [0.15, 0.2) is 11.2 Å². The Labute approximate surface area is 248 Å². The molecule has 3 atom stereocenters. The topological polar surface area (TPSA) is 134 Å². The summed E-state index contributed by atoms with van der Waals surface area (Å²) in [6, 6.07) is 30.4. The Balaban J connectivity index is 1.41. The molecule has 3 heterocycles. The van der Waals surface area contributed by atoms with Crippen LogP contribution in [0.4, 0.5) is 5.95 Å². The van der Waals surface area contributed by atoms with Gasteiger partial charge in [-0.3, -0.25) is 29.8 Å². The van der Waals surface area contributed by atoms with Gasteiger partial charge in [-0.25, -0.2) is 4.98 Å². The van der Waals surface area contributed by atoms with E-state index in [0.29, 0.717) is 6.42 Å². The lowest BCUT2D eigenvalue weighted by molar-refractivity contribution is -0.118. The number of ether oxygens (including phenoxy) is 1. The lowest BCUT2D eigenvalue weighted by Gasteiger charge is -2.40. The molecule has 0 aliphatic carbocycles. The molecule has 43 heavy (non-hydrogen) atoms. The van der Waals surface area contributed by atoms with Crippen molar-refractivity contribution in [2.75, 3.05) is 11.9 Å². The molecular formula is C33H34N6O4. The maximum atomic E-state index is 12.8. The normalized spacial score (nSPS) is 18.7. The number of aromatic amines is 1. The Hall–Kier alpha value is -4.64. The maximum absolute atomic E-state index is 12.8. The summed E-state index contributed by atoms with van der Waals surface area (Å²) in [4.78, 5) is 36.5. The second kappa shape index (κ2) is 11.9. The molecule has 1 amide bonds. The summed E-state index contributed by atoms with van der Waals surface area (Å²) in [6.45, 7) is 3.29. The average Bonchev–Trinajstić information content (AvgIpc) is 3.65. The third-order valence-corrected chi connectivity index (χ3v) is 7.95. The van der Waals surface area contributed by atoms with E-state index in [1.807, 2.05) is 54.6 Å². The second-order valence-corrected chi connectivity index (χ2v) is 11.0. The fourth-order valence-electron chi connectivity index (χ4n) is 5.77. The van der Waals surface area contributed by atoms with Crippen molar-refractivity contribution < 1.29 is 14.6 Å². The van der Waals surface area contributed by atoms with E-state index in [1.165, 1.54) is 6.33 Å². The number of carbonyl (C=O) groups is 1. The summed E-state index contributed by atoms with van der Waals surface area (Å²) in [5.74, 6) is -0.518. The fourth-order valence-corrected chi connectivity index (χ4v) is 5.77. The van der Waals surface area contributed by atoms with Gasteiger partial charge in [0, 0.05) is 18.4 Å². The van der Waals surface area contributed by atoms with Crippen molar-refractivity contribution in [1.82, 2.24) is 24.8 Å². The third-order valence-electron chi connectivity index (χ3n) is 7.95. The molecule has 1 aliphatic rings. The number of hydrogen-bond acceptors (Lipinski definition) is 7. The largest absolute Gasteiger partial charge is 0.394 e. The predicted octanol–water partition coefficient (Wildman–Crippen LogP) is 3.94. The van der Waals surface area contributed by atoms with Gasteiger partial charge in [-0.05, 0) is 16.7 Å². The molecule has 3 aromatic carbocycles. The van der Waals surface area contributed by atoms with Crippen molar-refractivity contribution in [3.63, 3.8) is 0 Å². The number of nitrogens with zero attached hydrogens (tertiary/aromatic N) is 3. The van der Waals surface area contributed by atoms with E-state index in [4.69, 9.17) is 4.74 Å². The zero-order valence-corrected chi connectivity index (χ0v) is 24.0. The molecule has 6 rings (SSSR count). The zero-order valence-electron chi connectivity index (χ0n) is 24.0. The van der Waals surface area contributed by atoms with Crippen LogP contribution in [0.15, 0.2) is 102 Å². The number of benzene rings is 3. The second-order valence-electron chi connectivity index (χ2n) is 11.0. The van der Waals surface area contributed by atoms with E-state index >= 15 is 0 Å². The Morgan fingerprint density at radius 2 is 1.56 bits per heavy atom. The first kappa shape index (κ1) is 28.5. The summed E-state index contributed by atoms with van der Waals surface area (Å²) in [5, 5.41) is 17.1. The van der Waals surface area contributed by atoms with Crippen LogP contribution >= 0.6 is 0 Å². The van der Waals surface area contributed by atoms with Crippen LogP contribution in [0.2, 0.25) is 0 Å². The predicted molar refractivity (Wildman–Crippen MR) is 163 cm³/mol. The van der Waals surface area contributed by atoms with Crippen molar-refractivity contribution in [3.8, 4) is 0 Å². The van der Waals surface area contributed by atoms with Gasteiger partial charge in [-0.2, -0.15) is 4.98 Å². The van der Waals surface area contributed by atoms with Crippen LogP contribution in [0.5, 0.6) is 0 Å². The minimum absolute atomic E-state index is 0.0422. The summed E-state index contributed by atoms with van der Waals surface area (Å²) in [6.07, 6.45) is 0.816. The number of anilines is 1. The van der Waals surface area contributed by atoms with Crippen LogP contribution in [0.25, 0.3) is 11.2 Å². The standard InChI is InChI=1S/C33H34N6O4/c1-21(2)30(41)36-32-35-29-28(31(42)37-32)34-20-39(29)27-18-25(26(19-40)43-27)38-33(22-12-6-3-7-13-22,23-14-8-4-9-15-23)24-16-10-5-11-17-24/h3-17,20-21,25-27,38,40H,18-19H2,1-2H3,(H2,35,36,37,41,42)/t25-,26+,27+/m0/s1. The van der Waals surface area contributed by atoms with Crippen molar-refractivity contribution in [2.24, 2.45) is 5.92 Å². The van der Waals surface area contributed by atoms with E-state index in [2.05, 4.69) is 62.0 Å². The number of rotatable bonds is 9. The molecule has 10 heteroatoms. The van der Waals surface area contributed by atoms with Crippen LogP contribution in [-0.4, -0.2) is 49.3 Å². The SMILES string of the molecule is CC(C)C(=O)Nc1nc2c(ncn2[C@H]2C[C@H](NC(c3ccccc3)(c3ccccc3)c3ccccc3)[C@@H](CO)O2)c(=O)[nH]1. The van der Waals surface area contributed by atoms with E-state index in [1.54, 1.807) is 18.4 Å². The molecule has 0 radical (unpaired) electrons. The molecule has 1 fully saturated rings. The number of amides is 1. The quantitative estimate of drug-likeness (QED) is 0.195. The number of imidazole rings is 1. The van der Waals surface area contributed by atoms with Crippen molar-refractivity contribution in [1.29, 1.82) is 0 Å². The third kappa shape index (κ3) is 5.36. The molecule has 0 bridgehead atoms. The van der Waals surface area contributed by atoms with Crippen LogP contribution in [0.3, 0.4) is 0 Å². The van der Waals surface area contributed by atoms with Gasteiger partial charge in [0.1, 0.15) is 6.23 Å². The lowest BCUT2D eigenvalue weighted by Crippen LogP contribution is -2.53. The van der Waals surface area contributed by atoms with Crippen molar-refractivity contribution >= 4 is 23.0 Å². The summed E-state index contributed by atoms with van der Waals surface area (Å²) >= 11 is 0. The Morgan fingerprint density at radius 1 is 1.00 bits per heavy atom. The molecule has 5 aromatic rings. The summed E-state index contributed by atoms with van der Waals surface area (Å²) in [5.41, 5.74) is 2.31. The van der Waals surface area contributed by atoms with E-state index < -0.39 is 23.4 Å². The van der Waals surface area contributed by atoms with Crippen LogP contribution in [0, 0.1) is 5.92 Å². The number of aromatic nitrogens is 4. The Morgan fingerprint density at radius 3 is 2.07 bits per heavy atom. The monoisotopic (exact) mass is 578 g/mol. The van der Waals surface area contributed by atoms with Crippen molar-refractivity contribution in [3.05, 3.63) is 124 Å². The average molecular weight is 579 g/mol. The van der Waals surface area contributed by atoms with Gasteiger partial charge in [0.2, 0.25) is 11.9 Å². The van der Waals surface area contributed by atoms with Gasteiger partial charge in [0.05, 0.1) is 24.6 Å². The molecular weight excluding hydrogens is 544 g/mol. The highest BCUT2D eigenvalue weighted by atomic mass is 16.5. The number of H-pyrrole nitrogens is 1. The van der Waals surface area contributed by atoms with Crippen LogP contribution in [-0.2, 0) is 15.1 Å². The Kier molecular flexibility index (Phi) is 7.90. The van der Waals surface area contributed by atoms with Crippen molar-refractivity contribution in [2.45, 2.75) is 44.2 Å². The number of aliphatic hydroxyl groups excluding tert-OH is 1. The highest BCUT2D eigenvalue weighted by molar-refractivity contribution is 5.91. The van der Waals surface area contributed by atoms with Gasteiger partial charge in [0.25, 0.3) is 5.56 Å². The molecule has 0 spiro atoms. The summed E-state index contributed by atoms with van der Waals surface area (Å²) in [7, 11) is 0. The molecule has 220 valence electrons. The van der Waals surface area contributed by atoms with Crippen LogP contribution in [0.1, 0.15) is 43.2 Å². The number of fused-ring (bicyclic) bond motifs is 1. The molecule has 4 N–H and O–H groups in total. The molecule has 1 saturated heterocycles. The van der Waals surface area contributed by atoms with E-state index in [9.17, 15) is 14.7 Å². The molecule has 10 nitrogen and oxygen atoms in total. The highest BCUT2D eigenvalue weighted by Gasteiger charge is 2.44. The maximum Gasteiger partial charge on any atom is 0.280 e. The minimum Gasteiger partial charge on any atom is -0.394 e. The number of aliphatic hydroxyl groups is 1. The van der Waals surface area contributed by atoms with E-state index in [0.717, 1.165) is 16.7 Å². The number of carbonyl (C=O) groups excluding carboxylic acids is 1. The first-order valence-electron chi connectivity index (χ1n) is 14.4. The first-order chi connectivity index (χ1) is 20.9. The smallest absolute Gasteiger partial charge is 0.280 e. The molecule has 0 unspecified atom stereocenters. The number of hydrogen-bond donors (Lipinski definition) is 4. The highest BCUT2D eigenvalue weighted by Crippen LogP contribution is 2.40. The Bertz CT molecular complexity index is 1660. The van der Waals surface area contributed by atoms with E-state index in [-0.39, 0.29) is 41.6 Å². The van der Waals surface area contributed by atoms with Crippen LogP contribution < -0.4 is 16.2 Å². The molecule has 0 saturated carbocycles. The van der Waals surface area contributed by atoms with Gasteiger partial charge < -0.3 is 9.84 Å². The molecule has 2 aromatic heterocycles. The minimum atomic E-state index is -0.763. The van der Waals surface area contributed by atoms with Gasteiger partial charge in [-0.15, -0.1) is 0 Å². The number of nitrogens with one attached hydrogen (secondary N) is 3. The molecule has 1 aliphatic heterocycles. The first-order valence-corrected chi connectivity index (χ1v) is 14.4. The van der Waals surface area contributed by atoms with Gasteiger partial charge in [-0.1, -0.05) is 105 Å². The fraction of sp³-hybridized carbons (Fsp3) is 0.273.